The Kier molecular flexibility index (Phi) is 5.02. The molecule has 7 heteroatoms. The van der Waals surface area contributed by atoms with E-state index in [4.69, 9.17) is 9.47 Å². The molecule has 1 unspecified atom stereocenters. The van der Waals surface area contributed by atoms with Crippen LogP contribution in [0.25, 0.3) is 0 Å². The van der Waals surface area contributed by atoms with Crippen LogP contribution >= 0.6 is 0 Å². The van der Waals surface area contributed by atoms with Crippen LogP contribution in [0.3, 0.4) is 0 Å². The molecule has 0 saturated carbocycles. The summed E-state index contributed by atoms with van der Waals surface area (Å²) in [5.74, 6) is 1.02. The summed E-state index contributed by atoms with van der Waals surface area (Å²) in [7, 11) is 1.62. The number of hydrogen-bond acceptors (Lipinski definition) is 6. The van der Waals surface area contributed by atoms with Crippen molar-refractivity contribution in [3.05, 3.63) is 47.4 Å². The van der Waals surface area contributed by atoms with Gasteiger partial charge in [-0.3, -0.25) is 0 Å². The van der Waals surface area contributed by atoms with Crippen molar-refractivity contribution in [1.29, 1.82) is 0 Å². The van der Waals surface area contributed by atoms with Crippen LogP contribution in [-0.2, 0) is 9.53 Å². The lowest BCUT2D eigenvalue weighted by Crippen LogP contribution is -2.29. The Bertz CT molecular complexity index is 780. The van der Waals surface area contributed by atoms with Gasteiger partial charge < -0.3 is 14.8 Å². The van der Waals surface area contributed by atoms with Gasteiger partial charge in [-0.05, 0) is 31.0 Å². The van der Waals surface area contributed by atoms with Crippen molar-refractivity contribution in [2.45, 2.75) is 32.7 Å². The fourth-order valence-corrected chi connectivity index (χ4v) is 2.84. The number of hydrogen-bond donors (Lipinski definition) is 1. The zero-order valence-electron chi connectivity index (χ0n) is 14.7. The molecule has 0 bridgehead atoms. The minimum atomic E-state index is -0.390. The van der Waals surface area contributed by atoms with Crippen molar-refractivity contribution in [2.24, 2.45) is 0 Å². The van der Waals surface area contributed by atoms with Crippen LogP contribution in [0.2, 0.25) is 0 Å². The van der Waals surface area contributed by atoms with Gasteiger partial charge in [-0.1, -0.05) is 25.5 Å². The van der Waals surface area contributed by atoms with Gasteiger partial charge in [-0.2, -0.15) is 10.1 Å². The number of carbonyl (C=O) groups excluding carboxylic acids is 1. The summed E-state index contributed by atoms with van der Waals surface area (Å²) in [6.45, 7) is 4.32. The van der Waals surface area contributed by atoms with E-state index in [1.54, 1.807) is 11.8 Å². The summed E-state index contributed by atoms with van der Waals surface area (Å²) in [6.07, 6.45) is 3.28. The second-order valence-corrected chi connectivity index (χ2v) is 5.86. The highest BCUT2D eigenvalue weighted by Gasteiger charge is 2.34. The van der Waals surface area contributed by atoms with Crippen LogP contribution in [0.4, 0.5) is 5.95 Å². The van der Waals surface area contributed by atoms with Gasteiger partial charge in [-0.15, -0.1) is 0 Å². The van der Waals surface area contributed by atoms with Gasteiger partial charge in [0.1, 0.15) is 18.1 Å². The van der Waals surface area contributed by atoms with E-state index >= 15 is 0 Å². The molecule has 1 N–H and O–H groups in total. The molecule has 0 fully saturated rings. The average molecular weight is 342 g/mol. The summed E-state index contributed by atoms with van der Waals surface area (Å²) < 4.78 is 12.4. The third-order valence-electron chi connectivity index (χ3n) is 4.18. The molecule has 0 aliphatic carbocycles. The first-order valence-electron chi connectivity index (χ1n) is 8.34. The van der Waals surface area contributed by atoms with Gasteiger partial charge in [0.05, 0.1) is 19.3 Å². The zero-order valence-corrected chi connectivity index (χ0v) is 14.7. The smallest absolute Gasteiger partial charge is 0.338 e. The highest BCUT2D eigenvalue weighted by molar-refractivity contribution is 5.92. The van der Waals surface area contributed by atoms with Crippen molar-refractivity contribution in [1.82, 2.24) is 14.8 Å². The summed E-state index contributed by atoms with van der Waals surface area (Å²) in [6, 6.07) is 7.19. The van der Waals surface area contributed by atoms with E-state index in [1.807, 2.05) is 31.2 Å². The monoisotopic (exact) mass is 342 g/mol. The number of nitrogens with one attached hydrogen (secondary N) is 1. The first-order valence-corrected chi connectivity index (χ1v) is 8.34. The number of unbranched alkanes of at least 4 members (excludes halogenated alkanes) is 1. The minimum Gasteiger partial charge on any atom is -0.497 e. The Morgan fingerprint density at radius 2 is 2.08 bits per heavy atom. The van der Waals surface area contributed by atoms with Gasteiger partial charge in [-0.25, -0.2) is 9.48 Å². The van der Waals surface area contributed by atoms with Gasteiger partial charge in [0.2, 0.25) is 5.95 Å². The van der Waals surface area contributed by atoms with Gasteiger partial charge >= 0.3 is 5.97 Å². The Hall–Kier alpha value is -2.83. The number of ether oxygens (including phenoxy) is 2. The number of benzene rings is 1. The summed E-state index contributed by atoms with van der Waals surface area (Å²) in [5.41, 5.74) is 2.18. The molecule has 2 heterocycles. The summed E-state index contributed by atoms with van der Waals surface area (Å²) in [5, 5.41) is 7.42. The van der Waals surface area contributed by atoms with E-state index in [0.717, 1.165) is 29.9 Å². The molecule has 25 heavy (non-hydrogen) atoms. The maximum atomic E-state index is 12.7. The molecule has 1 aliphatic heterocycles. The molecule has 1 aromatic carbocycles. The summed E-state index contributed by atoms with van der Waals surface area (Å²) >= 11 is 0. The highest BCUT2D eigenvalue weighted by atomic mass is 16.5. The van der Waals surface area contributed by atoms with E-state index < -0.39 is 6.04 Å². The van der Waals surface area contributed by atoms with Gasteiger partial charge in [0.25, 0.3) is 0 Å². The standard InChI is InChI=1S/C18H22N4O3/c1-4-5-10-25-17(23)15-12(2)21-18-19-11-20-22(18)16(15)13-6-8-14(24-3)9-7-13/h6-9,11,16H,4-5,10H2,1-3H3,(H,19,20,21). The quantitative estimate of drug-likeness (QED) is 0.642. The maximum Gasteiger partial charge on any atom is 0.338 e. The molecule has 0 saturated heterocycles. The lowest BCUT2D eigenvalue weighted by molar-refractivity contribution is -0.139. The van der Waals surface area contributed by atoms with E-state index in [9.17, 15) is 4.79 Å². The lowest BCUT2D eigenvalue weighted by atomic mass is 9.96. The number of aromatic nitrogens is 3. The first kappa shape index (κ1) is 17.0. The van der Waals surface area contributed by atoms with Crippen molar-refractivity contribution in [2.75, 3.05) is 19.0 Å². The second kappa shape index (κ2) is 7.38. The predicted octanol–water partition coefficient (Wildman–Crippen LogP) is 2.92. The molecule has 132 valence electrons. The van der Waals surface area contributed by atoms with Crippen LogP contribution in [-0.4, -0.2) is 34.5 Å². The Balaban J connectivity index is 1.99. The number of allylic oxidation sites excluding steroid dienone is 1. The number of methoxy groups -OCH3 is 1. The topological polar surface area (TPSA) is 78.3 Å². The predicted molar refractivity (Wildman–Crippen MR) is 93.3 cm³/mol. The normalized spacial score (nSPS) is 16.2. The molecular formula is C18H22N4O3. The van der Waals surface area contributed by atoms with E-state index in [0.29, 0.717) is 18.1 Å². The largest absolute Gasteiger partial charge is 0.497 e. The number of fused-ring (bicyclic) bond motifs is 1. The number of rotatable bonds is 6. The van der Waals surface area contributed by atoms with E-state index in [2.05, 4.69) is 22.3 Å². The molecule has 1 aromatic heterocycles. The molecule has 0 amide bonds. The first-order chi connectivity index (χ1) is 12.2. The van der Waals surface area contributed by atoms with E-state index in [-0.39, 0.29) is 5.97 Å². The Morgan fingerprint density at radius 1 is 1.32 bits per heavy atom. The molecule has 0 radical (unpaired) electrons. The number of anilines is 1. The average Bonchev–Trinajstić information content (AvgIpc) is 3.08. The second-order valence-electron chi connectivity index (χ2n) is 5.86. The third-order valence-corrected chi connectivity index (χ3v) is 4.18. The summed E-state index contributed by atoms with van der Waals surface area (Å²) in [4.78, 5) is 16.9. The molecule has 2 aromatic rings. The van der Waals surface area contributed by atoms with E-state index in [1.165, 1.54) is 6.33 Å². The highest BCUT2D eigenvalue weighted by Crippen LogP contribution is 2.35. The number of carbonyl (C=O) groups is 1. The van der Waals surface area contributed by atoms with Crippen molar-refractivity contribution in [3.8, 4) is 5.75 Å². The minimum absolute atomic E-state index is 0.333. The molecule has 1 aliphatic rings. The van der Waals surface area contributed by atoms with Crippen molar-refractivity contribution >= 4 is 11.9 Å². The SMILES string of the molecule is CCCCOC(=O)C1=C(C)Nc2ncnn2C1c1ccc(OC)cc1. The Morgan fingerprint density at radius 3 is 2.76 bits per heavy atom. The Labute approximate surface area is 146 Å². The van der Waals surface area contributed by atoms with Crippen LogP contribution in [0.5, 0.6) is 5.75 Å². The van der Waals surface area contributed by atoms with Gasteiger partial charge in [0.15, 0.2) is 0 Å². The molecular weight excluding hydrogens is 320 g/mol. The van der Waals surface area contributed by atoms with Crippen LogP contribution in [0, 0.1) is 0 Å². The van der Waals surface area contributed by atoms with Crippen molar-refractivity contribution < 1.29 is 14.3 Å². The maximum absolute atomic E-state index is 12.7. The molecule has 7 nitrogen and oxygen atoms in total. The zero-order chi connectivity index (χ0) is 17.8. The number of esters is 1. The molecule has 0 spiro atoms. The number of nitrogens with zero attached hydrogens (tertiary/aromatic N) is 3. The van der Waals surface area contributed by atoms with Crippen LogP contribution in [0.15, 0.2) is 41.9 Å². The lowest BCUT2D eigenvalue weighted by Gasteiger charge is -2.28. The van der Waals surface area contributed by atoms with Crippen molar-refractivity contribution in [3.63, 3.8) is 0 Å². The van der Waals surface area contributed by atoms with Crippen LogP contribution in [0.1, 0.15) is 38.3 Å². The fraction of sp³-hybridized carbons (Fsp3) is 0.389. The molecule has 1 atom stereocenters. The fourth-order valence-electron chi connectivity index (χ4n) is 2.84. The third kappa shape index (κ3) is 3.35. The molecule has 3 rings (SSSR count). The van der Waals surface area contributed by atoms with Crippen LogP contribution < -0.4 is 10.1 Å². The van der Waals surface area contributed by atoms with Gasteiger partial charge in [0, 0.05) is 5.70 Å².